The van der Waals surface area contributed by atoms with Crippen molar-refractivity contribution in [3.05, 3.63) is 76.5 Å². The van der Waals surface area contributed by atoms with Gasteiger partial charge >= 0.3 is 5.97 Å². The number of rotatable bonds is 9. The van der Waals surface area contributed by atoms with Crippen LogP contribution in [0.4, 0.5) is 5.69 Å². The zero-order valence-electron chi connectivity index (χ0n) is 20.1. The summed E-state index contributed by atoms with van der Waals surface area (Å²) in [5.41, 5.74) is 3.75. The second-order valence-corrected chi connectivity index (χ2v) is 11.2. The Bertz CT molecular complexity index is 1360. The topological polar surface area (TPSA) is 106 Å². The molecule has 0 spiro atoms. The van der Waals surface area contributed by atoms with Crippen molar-refractivity contribution in [3.8, 4) is 5.75 Å². The van der Waals surface area contributed by atoms with E-state index in [0.717, 1.165) is 42.4 Å². The summed E-state index contributed by atoms with van der Waals surface area (Å²) in [5, 5.41) is 9.05. The number of nitrogens with zero attached hydrogens (tertiary/aromatic N) is 1. The number of carboxylic acids is 1. The number of furan rings is 1. The molecule has 1 atom stereocenters. The van der Waals surface area contributed by atoms with Gasteiger partial charge in [-0.2, -0.15) is 8.42 Å². The molecule has 1 N–H and O–H groups in total. The summed E-state index contributed by atoms with van der Waals surface area (Å²) in [6.07, 6.45) is 3.59. The average molecular weight is 512 g/mol. The number of anilines is 1. The summed E-state index contributed by atoms with van der Waals surface area (Å²) in [6, 6.07) is 13.5. The van der Waals surface area contributed by atoms with Crippen LogP contribution in [0.25, 0.3) is 0 Å². The van der Waals surface area contributed by atoms with E-state index >= 15 is 0 Å². The lowest BCUT2D eigenvalue weighted by atomic mass is 10.1. The normalized spacial score (nSPS) is 17.2. The first-order valence-electron chi connectivity index (χ1n) is 12.1. The number of hydrogen-bond acceptors (Lipinski definition) is 6. The molecule has 36 heavy (non-hydrogen) atoms. The third kappa shape index (κ3) is 4.99. The number of sulfonamides is 1. The van der Waals surface area contributed by atoms with Crippen molar-refractivity contribution in [3.63, 3.8) is 0 Å². The quantitative estimate of drug-likeness (QED) is 0.448. The zero-order valence-corrected chi connectivity index (χ0v) is 20.9. The van der Waals surface area contributed by atoms with E-state index in [1.54, 1.807) is 25.1 Å². The number of hydrogen-bond donors (Lipinski definition) is 1. The Morgan fingerprint density at radius 1 is 1.11 bits per heavy atom. The van der Waals surface area contributed by atoms with Gasteiger partial charge in [0, 0.05) is 19.1 Å². The molecule has 0 radical (unpaired) electrons. The number of aryl methyl sites for hydroxylation is 3. The molecule has 2 aliphatic rings. The third-order valence-corrected chi connectivity index (χ3v) is 8.40. The van der Waals surface area contributed by atoms with Gasteiger partial charge in [0.15, 0.2) is 0 Å². The Kier molecular flexibility index (Phi) is 6.77. The SMILES string of the molecule is Cc1ccc(S(=O)(=O)N(CC2CCOC2)c2cc3c(cc2OCc2ccc(C(=O)O)cc2)CCC3)o1. The number of fused-ring (bicyclic) bond motifs is 1. The van der Waals surface area contributed by atoms with Crippen molar-refractivity contribution in [1.29, 1.82) is 0 Å². The second-order valence-electron chi connectivity index (χ2n) is 9.36. The van der Waals surface area contributed by atoms with E-state index in [0.29, 0.717) is 30.4 Å². The minimum atomic E-state index is -3.99. The van der Waals surface area contributed by atoms with Crippen molar-refractivity contribution in [2.24, 2.45) is 5.92 Å². The first-order valence-corrected chi connectivity index (χ1v) is 13.5. The van der Waals surface area contributed by atoms with Gasteiger partial charge in [0.25, 0.3) is 10.0 Å². The largest absolute Gasteiger partial charge is 0.487 e. The predicted molar refractivity (Wildman–Crippen MR) is 133 cm³/mol. The molecule has 0 saturated carbocycles. The van der Waals surface area contributed by atoms with Crippen LogP contribution >= 0.6 is 0 Å². The minimum Gasteiger partial charge on any atom is -0.487 e. The Hall–Kier alpha value is -3.30. The number of ether oxygens (including phenoxy) is 2. The molecule has 3 aromatic rings. The van der Waals surface area contributed by atoms with Crippen molar-refractivity contribution in [2.75, 3.05) is 24.1 Å². The van der Waals surface area contributed by atoms with Gasteiger partial charge in [-0.05, 0) is 85.7 Å². The average Bonchev–Trinajstić information content (AvgIpc) is 3.63. The van der Waals surface area contributed by atoms with Crippen LogP contribution in [0.5, 0.6) is 5.75 Å². The van der Waals surface area contributed by atoms with Crippen LogP contribution in [0.1, 0.15) is 45.7 Å². The van der Waals surface area contributed by atoms with Crippen LogP contribution < -0.4 is 9.04 Å². The Labute approximate surface area is 210 Å². The molecule has 1 aliphatic heterocycles. The maximum Gasteiger partial charge on any atom is 0.335 e. The highest BCUT2D eigenvalue weighted by Gasteiger charge is 2.34. The molecule has 1 aliphatic carbocycles. The van der Waals surface area contributed by atoms with Crippen LogP contribution in [0.15, 0.2) is 58.0 Å². The van der Waals surface area contributed by atoms with E-state index < -0.39 is 16.0 Å². The van der Waals surface area contributed by atoms with E-state index in [2.05, 4.69) is 0 Å². The van der Waals surface area contributed by atoms with Gasteiger partial charge < -0.3 is 19.0 Å². The molecule has 2 heterocycles. The van der Waals surface area contributed by atoms with Crippen molar-refractivity contribution >= 4 is 21.7 Å². The summed E-state index contributed by atoms with van der Waals surface area (Å²) < 4.78 is 46.4. The molecular weight excluding hydrogens is 482 g/mol. The van der Waals surface area contributed by atoms with Gasteiger partial charge in [-0.25, -0.2) is 4.79 Å². The van der Waals surface area contributed by atoms with Crippen molar-refractivity contribution in [2.45, 2.75) is 44.3 Å². The monoisotopic (exact) mass is 511 g/mol. The van der Waals surface area contributed by atoms with E-state index in [9.17, 15) is 13.2 Å². The van der Waals surface area contributed by atoms with Crippen LogP contribution in [-0.4, -0.2) is 39.3 Å². The highest BCUT2D eigenvalue weighted by molar-refractivity contribution is 7.92. The second kappa shape index (κ2) is 9.99. The zero-order chi connectivity index (χ0) is 25.3. The van der Waals surface area contributed by atoms with E-state index in [1.807, 2.05) is 12.1 Å². The molecule has 5 rings (SSSR count). The summed E-state index contributed by atoms with van der Waals surface area (Å²) in [6.45, 7) is 3.25. The molecule has 1 unspecified atom stereocenters. The van der Waals surface area contributed by atoms with Crippen LogP contribution in [0.2, 0.25) is 0 Å². The lowest BCUT2D eigenvalue weighted by molar-refractivity contribution is 0.0696. The lowest BCUT2D eigenvalue weighted by Gasteiger charge is -2.28. The molecule has 9 heteroatoms. The van der Waals surface area contributed by atoms with Gasteiger partial charge in [0.1, 0.15) is 18.1 Å². The Balaban J connectivity index is 1.52. The van der Waals surface area contributed by atoms with Gasteiger partial charge in [0.2, 0.25) is 5.09 Å². The summed E-state index contributed by atoms with van der Waals surface area (Å²) in [4.78, 5) is 11.2. The molecule has 1 aromatic heterocycles. The highest BCUT2D eigenvalue weighted by atomic mass is 32.2. The number of carbonyl (C=O) groups is 1. The summed E-state index contributed by atoms with van der Waals surface area (Å²) in [5.74, 6) is 0.0606. The minimum absolute atomic E-state index is 0.0560. The molecule has 0 bridgehead atoms. The number of aromatic carboxylic acids is 1. The van der Waals surface area contributed by atoms with E-state index in [4.69, 9.17) is 19.0 Å². The van der Waals surface area contributed by atoms with Crippen LogP contribution in [0, 0.1) is 12.8 Å². The van der Waals surface area contributed by atoms with Crippen molar-refractivity contribution in [1.82, 2.24) is 0 Å². The Morgan fingerprint density at radius 3 is 2.50 bits per heavy atom. The summed E-state index contributed by atoms with van der Waals surface area (Å²) >= 11 is 0. The first-order chi connectivity index (χ1) is 17.3. The van der Waals surface area contributed by atoms with E-state index in [-0.39, 0.29) is 29.7 Å². The summed E-state index contributed by atoms with van der Waals surface area (Å²) in [7, 11) is -3.99. The maximum atomic E-state index is 13.8. The highest BCUT2D eigenvalue weighted by Crippen LogP contribution is 2.39. The fourth-order valence-corrected chi connectivity index (χ4v) is 6.25. The van der Waals surface area contributed by atoms with E-state index in [1.165, 1.54) is 22.5 Å². The number of carboxylic acid groups (broad SMARTS) is 1. The first kappa shape index (κ1) is 24.4. The third-order valence-electron chi connectivity index (χ3n) is 6.75. The Morgan fingerprint density at radius 2 is 1.86 bits per heavy atom. The molecule has 1 fully saturated rings. The van der Waals surface area contributed by atoms with Gasteiger partial charge in [0.05, 0.1) is 17.9 Å². The fourth-order valence-electron chi connectivity index (χ4n) is 4.75. The standard InChI is InChI=1S/C27H29NO7S/c1-18-5-10-26(35-18)36(31,32)28(15-20-11-12-33-16-20)24-13-22-3-2-4-23(22)14-25(24)34-17-19-6-8-21(9-7-19)27(29)30/h5-10,13-14,20H,2-4,11-12,15-17H2,1H3,(H,29,30). The molecular formula is C27H29NO7S. The fraction of sp³-hybridized carbons (Fsp3) is 0.370. The van der Waals surface area contributed by atoms with Gasteiger partial charge in [-0.1, -0.05) is 12.1 Å². The van der Waals surface area contributed by atoms with Gasteiger partial charge in [-0.3, -0.25) is 4.31 Å². The van der Waals surface area contributed by atoms with Crippen molar-refractivity contribution < 1.29 is 32.2 Å². The van der Waals surface area contributed by atoms with Crippen LogP contribution in [0.3, 0.4) is 0 Å². The van der Waals surface area contributed by atoms with Crippen LogP contribution in [-0.2, 0) is 34.2 Å². The molecule has 2 aromatic carbocycles. The maximum absolute atomic E-state index is 13.8. The number of benzene rings is 2. The molecule has 1 saturated heterocycles. The molecule has 190 valence electrons. The smallest absolute Gasteiger partial charge is 0.335 e. The lowest BCUT2D eigenvalue weighted by Crippen LogP contribution is -2.36. The van der Waals surface area contributed by atoms with Gasteiger partial charge in [-0.15, -0.1) is 0 Å². The molecule has 8 nitrogen and oxygen atoms in total. The predicted octanol–water partition coefficient (Wildman–Crippen LogP) is 4.59. The molecule has 0 amide bonds.